The first-order valence-corrected chi connectivity index (χ1v) is 8.14. The standard InChI is InChI=1S/C17H14FN3O2S/c18-13-5-3-12(4-6-13)17(22)19-9-10-23-16-8-7-14(20-21-16)15-2-1-11-24-15/h1-8,11H,9-10H2,(H,19,22). The molecular formula is C17H14FN3O2S. The smallest absolute Gasteiger partial charge is 0.251 e. The van der Waals surface area contributed by atoms with E-state index in [0.717, 1.165) is 10.6 Å². The number of carbonyl (C=O) groups excluding carboxylic acids is 1. The predicted octanol–water partition coefficient (Wildman–Crippen LogP) is 3.15. The lowest BCUT2D eigenvalue weighted by atomic mass is 10.2. The van der Waals surface area contributed by atoms with E-state index in [4.69, 9.17) is 4.74 Å². The van der Waals surface area contributed by atoms with Gasteiger partial charge in [0, 0.05) is 11.6 Å². The van der Waals surface area contributed by atoms with Gasteiger partial charge in [0.15, 0.2) is 0 Å². The van der Waals surface area contributed by atoms with Crippen LogP contribution in [0.4, 0.5) is 4.39 Å². The maximum absolute atomic E-state index is 12.8. The summed E-state index contributed by atoms with van der Waals surface area (Å²) < 4.78 is 18.2. The zero-order valence-corrected chi connectivity index (χ0v) is 13.4. The summed E-state index contributed by atoms with van der Waals surface area (Å²) in [6, 6.07) is 12.9. The highest BCUT2D eigenvalue weighted by atomic mass is 32.1. The van der Waals surface area contributed by atoms with Gasteiger partial charge in [-0.3, -0.25) is 4.79 Å². The third kappa shape index (κ3) is 4.14. The van der Waals surface area contributed by atoms with E-state index in [2.05, 4.69) is 15.5 Å². The van der Waals surface area contributed by atoms with Crippen molar-refractivity contribution in [1.82, 2.24) is 15.5 Å². The number of carbonyl (C=O) groups is 1. The number of nitrogens with zero attached hydrogens (tertiary/aromatic N) is 2. The number of rotatable bonds is 6. The number of hydrogen-bond donors (Lipinski definition) is 1. The maximum atomic E-state index is 12.8. The third-order valence-corrected chi connectivity index (χ3v) is 4.05. The molecule has 1 N–H and O–H groups in total. The van der Waals surface area contributed by atoms with Gasteiger partial charge < -0.3 is 10.1 Å². The minimum absolute atomic E-state index is 0.264. The second kappa shape index (κ2) is 7.65. The van der Waals surface area contributed by atoms with E-state index < -0.39 is 0 Å². The zero-order valence-electron chi connectivity index (χ0n) is 12.6. The normalized spacial score (nSPS) is 10.4. The Bertz CT molecular complexity index is 790. The molecule has 3 aromatic rings. The number of amides is 1. The Labute approximate surface area is 142 Å². The van der Waals surface area contributed by atoms with Crippen LogP contribution in [0.15, 0.2) is 53.9 Å². The van der Waals surface area contributed by atoms with Gasteiger partial charge in [-0.1, -0.05) is 6.07 Å². The van der Waals surface area contributed by atoms with Crippen LogP contribution in [0.3, 0.4) is 0 Å². The van der Waals surface area contributed by atoms with Crippen LogP contribution in [-0.4, -0.2) is 29.3 Å². The van der Waals surface area contributed by atoms with Crippen molar-refractivity contribution in [2.45, 2.75) is 0 Å². The van der Waals surface area contributed by atoms with E-state index in [1.165, 1.54) is 24.3 Å². The topological polar surface area (TPSA) is 64.1 Å². The fourth-order valence-electron chi connectivity index (χ4n) is 1.98. The molecule has 1 aromatic carbocycles. The van der Waals surface area contributed by atoms with Crippen LogP contribution in [0.5, 0.6) is 5.88 Å². The molecule has 0 fully saturated rings. The van der Waals surface area contributed by atoms with Crippen molar-refractivity contribution in [3.63, 3.8) is 0 Å². The largest absolute Gasteiger partial charge is 0.475 e. The lowest BCUT2D eigenvalue weighted by Crippen LogP contribution is -2.28. The molecule has 5 nitrogen and oxygen atoms in total. The van der Waals surface area contributed by atoms with E-state index in [9.17, 15) is 9.18 Å². The molecule has 0 saturated carbocycles. The molecule has 3 rings (SSSR count). The number of benzene rings is 1. The highest BCUT2D eigenvalue weighted by Crippen LogP contribution is 2.22. The van der Waals surface area contributed by atoms with Gasteiger partial charge in [0.05, 0.1) is 11.4 Å². The van der Waals surface area contributed by atoms with Crippen LogP contribution < -0.4 is 10.1 Å². The highest BCUT2D eigenvalue weighted by Gasteiger charge is 2.05. The number of thiophene rings is 1. The molecular weight excluding hydrogens is 329 g/mol. The summed E-state index contributed by atoms with van der Waals surface area (Å²) in [6.07, 6.45) is 0. The van der Waals surface area contributed by atoms with Crippen LogP contribution in [0.1, 0.15) is 10.4 Å². The Kier molecular flexibility index (Phi) is 5.12. The summed E-state index contributed by atoms with van der Waals surface area (Å²) in [6.45, 7) is 0.574. The molecule has 0 aliphatic heterocycles. The Morgan fingerprint density at radius 1 is 1.12 bits per heavy atom. The van der Waals surface area contributed by atoms with Crippen molar-refractivity contribution in [1.29, 1.82) is 0 Å². The van der Waals surface area contributed by atoms with Crippen molar-refractivity contribution in [3.8, 4) is 16.5 Å². The second-order valence-electron chi connectivity index (χ2n) is 4.85. The summed E-state index contributed by atoms with van der Waals surface area (Å²) >= 11 is 1.59. The van der Waals surface area contributed by atoms with Crippen molar-refractivity contribution in [3.05, 3.63) is 65.3 Å². The quantitative estimate of drug-likeness (QED) is 0.698. The first kappa shape index (κ1) is 16.1. The average molecular weight is 343 g/mol. The summed E-state index contributed by atoms with van der Waals surface area (Å²) in [5, 5.41) is 12.8. The van der Waals surface area contributed by atoms with Gasteiger partial charge >= 0.3 is 0 Å². The molecule has 0 spiro atoms. The summed E-state index contributed by atoms with van der Waals surface area (Å²) in [4.78, 5) is 12.9. The number of nitrogens with one attached hydrogen (secondary N) is 1. The van der Waals surface area contributed by atoms with Gasteiger partial charge in [0.1, 0.15) is 18.1 Å². The molecule has 0 bridgehead atoms. The van der Waals surface area contributed by atoms with Crippen molar-refractivity contribution < 1.29 is 13.9 Å². The van der Waals surface area contributed by atoms with Crippen molar-refractivity contribution >= 4 is 17.2 Å². The monoisotopic (exact) mass is 343 g/mol. The molecule has 0 aliphatic rings. The van der Waals surface area contributed by atoms with Crippen molar-refractivity contribution in [2.24, 2.45) is 0 Å². The third-order valence-electron chi connectivity index (χ3n) is 3.16. The average Bonchev–Trinajstić information content (AvgIpc) is 3.14. The summed E-state index contributed by atoms with van der Waals surface area (Å²) in [5.41, 5.74) is 1.19. The van der Waals surface area contributed by atoms with Gasteiger partial charge in [-0.15, -0.1) is 21.5 Å². The minimum Gasteiger partial charge on any atom is -0.475 e. The molecule has 2 aromatic heterocycles. The van der Waals surface area contributed by atoms with Crippen LogP contribution >= 0.6 is 11.3 Å². The van der Waals surface area contributed by atoms with Crippen LogP contribution in [0, 0.1) is 5.82 Å². The summed E-state index contributed by atoms with van der Waals surface area (Å²) in [7, 11) is 0. The zero-order chi connectivity index (χ0) is 16.8. The van der Waals surface area contributed by atoms with E-state index in [1.807, 2.05) is 23.6 Å². The molecule has 0 unspecified atom stereocenters. The van der Waals surface area contributed by atoms with Gasteiger partial charge in [0.2, 0.25) is 5.88 Å². The molecule has 0 aliphatic carbocycles. The Hall–Kier alpha value is -2.80. The Morgan fingerprint density at radius 2 is 1.96 bits per heavy atom. The van der Waals surface area contributed by atoms with Crippen molar-refractivity contribution in [2.75, 3.05) is 13.2 Å². The first-order chi connectivity index (χ1) is 11.7. The van der Waals surface area contributed by atoms with Gasteiger partial charge in [-0.05, 0) is 41.8 Å². The molecule has 0 atom stereocenters. The minimum atomic E-state index is -0.376. The van der Waals surface area contributed by atoms with Gasteiger partial charge in [-0.2, -0.15) is 0 Å². The molecule has 7 heteroatoms. The lowest BCUT2D eigenvalue weighted by molar-refractivity contribution is 0.0946. The Morgan fingerprint density at radius 3 is 2.62 bits per heavy atom. The molecule has 122 valence electrons. The maximum Gasteiger partial charge on any atom is 0.251 e. The second-order valence-corrected chi connectivity index (χ2v) is 5.79. The SMILES string of the molecule is O=C(NCCOc1ccc(-c2cccs2)nn1)c1ccc(F)cc1. The van der Waals surface area contributed by atoms with Crippen LogP contribution in [-0.2, 0) is 0 Å². The fraction of sp³-hybridized carbons (Fsp3) is 0.118. The molecule has 2 heterocycles. The predicted molar refractivity (Wildman–Crippen MR) is 89.6 cm³/mol. The fourth-order valence-corrected chi connectivity index (χ4v) is 2.67. The van der Waals surface area contributed by atoms with E-state index in [0.29, 0.717) is 18.0 Å². The molecule has 0 saturated heterocycles. The van der Waals surface area contributed by atoms with E-state index in [-0.39, 0.29) is 18.3 Å². The van der Waals surface area contributed by atoms with Gasteiger partial charge in [0.25, 0.3) is 5.91 Å². The molecule has 0 radical (unpaired) electrons. The van der Waals surface area contributed by atoms with E-state index >= 15 is 0 Å². The highest BCUT2D eigenvalue weighted by molar-refractivity contribution is 7.13. The lowest BCUT2D eigenvalue weighted by Gasteiger charge is -2.07. The number of halogens is 1. The molecule has 24 heavy (non-hydrogen) atoms. The first-order valence-electron chi connectivity index (χ1n) is 7.26. The number of aromatic nitrogens is 2. The Balaban J connectivity index is 1.45. The van der Waals surface area contributed by atoms with Crippen LogP contribution in [0.2, 0.25) is 0 Å². The molecule has 1 amide bonds. The number of ether oxygens (including phenoxy) is 1. The van der Waals surface area contributed by atoms with E-state index in [1.54, 1.807) is 17.4 Å². The number of hydrogen-bond acceptors (Lipinski definition) is 5. The summed E-state index contributed by atoms with van der Waals surface area (Å²) in [5.74, 6) is -0.261. The van der Waals surface area contributed by atoms with Crippen LogP contribution in [0.25, 0.3) is 10.6 Å². The van der Waals surface area contributed by atoms with Gasteiger partial charge in [-0.25, -0.2) is 4.39 Å².